The van der Waals surface area contributed by atoms with E-state index in [9.17, 15) is 9.59 Å². The van der Waals surface area contributed by atoms with Crippen LogP contribution in [0.4, 0.5) is 0 Å². The lowest BCUT2D eigenvalue weighted by atomic mass is 10.1. The summed E-state index contributed by atoms with van der Waals surface area (Å²) in [7, 11) is 1.53. The van der Waals surface area contributed by atoms with Crippen LogP contribution in [0.2, 0.25) is 0 Å². The first-order chi connectivity index (χ1) is 7.22. The van der Waals surface area contributed by atoms with Crippen LogP contribution in [0.3, 0.4) is 0 Å². The minimum Gasteiger partial charge on any atom is -0.358 e. The van der Waals surface area contributed by atoms with Gasteiger partial charge in [-0.2, -0.15) is 0 Å². The van der Waals surface area contributed by atoms with Gasteiger partial charge in [-0.3, -0.25) is 9.59 Å². The SMILES string of the molecule is CNC(=O)CNC(=O)Cc1ccccc1. The molecule has 1 aromatic rings. The standard InChI is InChI=1S/C11H14N2O2/c1-12-11(15)8-13-10(14)7-9-5-3-2-4-6-9/h2-6H,7-8H2,1H3,(H,12,15)(H,13,14). The molecule has 0 aliphatic heterocycles. The Hall–Kier alpha value is -1.84. The highest BCUT2D eigenvalue weighted by Gasteiger charge is 2.04. The molecule has 0 bridgehead atoms. The van der Waals surface area contributed by atoms with Crippen molar-refractivity contribution in [3.63, 3.8) is 0 Å². The molecule has 0 radical (unpaired) electrons. The molecule has 0 unspecified atom stereocenters. The molecule has 0 aliphatic carbocycles. The first-order valence-corrected chi connectivity index (χ1v) is 4.73. The Morgan fingerprint density at radius 2 is 1.80 bits per heavy atom. The zero-order chi connectivity index (χ0) is 11.1. The zero-order valence-electron chi connectivity index (χ0n) is 8.62. The maximum absolute atomic E-state index is 11.3. The van der Waals surface area contributed by atoms with Crippen molar-refractivity contribution < 1.29 is 9.59 Å². The maximum atomic E-state index is 11.3. The van der Waals surface area contributed by atoms with E-state index in [1.807, 2.05) is 30.3 Å². The average molecular weight is 206 g/mol. The Balaban J connectivity index is 2.34. The van der Waals surface area contributed by atoms with Gasteiger partial charge in [0.2, 0.25) is 11.8 Å². The van der Waals surface area contributed by atoms with Crippen LogP contribution in [0.15, 0.2) is 30.3 Å². The highest BCUT2D eigenvalue weighted by molar-refractivity contribution is 5.85. The van der Waals surface area contributed by atoms with Crippen molar-refractivity contribution in [2.24, 2.45) is 0 Å². The molecule has 2 amide bonds. The van der Waals surface area contributed by atoms with Gasteiger partial charge >= 0.3 is 0 Å². The molecule has 15 heavy (non-hydrogen) atoms. The van der Waals surface area contributed by atoms with Gasteiger partial charge in [-0.15, -0.1) is 0 Å². The second-order valence-electron chi connectivity index (χ2n) is 3.11. The summed E-state index contributed by atoms with van der Waals surface area (Å²) in [5, 5.41) is 4.96. The topological polar surface area (TPSA) is 58.2 Å². The van der Waals surface area contributed by atoms with Crippen LogP contribution in [0, 0.1) is 0 Å². The van der Waals surface area contributed by atoms with Crippen molar-refractivity contribution in [1.29, 1.82) is 0 Å². The number of hydrogen-bond donors (Lipinski definition) is 2. The van der Waals surface area contributed by atoms with Crippen molar-refractivity contribution in [2.75, 3.05) is 13.6 Å². The molecule has 0 saturated carbocycles. The molecule has 0 atom stereocenters. The molecule has 1 aromatic carbocycles. The lowest BCUT2D eigenvalue weighted by Crippen LogP contribution is -2.35. The van der Waals surface area contributed by atoms with E-state index in [0.717, 1.165) is 5.56 Å². The van der Waals surface area contributed by atoms with E-state index in [1.165, 1.54) is 7.05 Å². The van der Waals surface area contributed by atoms with Crippen molar-refractivity contribution in [3.8, 4) is 0 Å². The quantitative estimate of drug-likeness (QED) is 0.733. The van der Waals surface area contributed by atoms with E-state index < -0.39 is 0 Å². The Kier molecular flexibility index (Phi) is 4.34. The maximum Gasteiger partial charge on any atom is 0.239 e. The van der Waals surface area contributed by atoms with E-state index >= 15 is 0 Å². The van der Waals surface area contributed by atoms with Crippen LogP contribution in [0.1, 0.15) is 5.56 Å². The number of rotatable bonds is 4. The highest BCUT2D eigenvalue weighted by Crippen LogP contribution is 1.98. The summed E-state index contributed by atoms with van der Waals surface area (Å²) in [6.45, 7) is 0.0299. The predicted molar refractivity (Wildman–Crippen MR) is 57.2 cm³/mol. The number of carbonyl (C=O) groups excluding carboxylic acids is 2. The van der Waals surface area contributed by atoms with Gasteiger partial charge in [0.25, 0.3) is 0 Å². The normalized spacial score (nSPS) is 9.40. The molecule has 80 valence electrons. The van der Waals surface area contributed by atoms with Gasteiger partial charge in [0.15, 0.2) is 0 Å². The fourth-order valence-corrected chi connectivity index (χ4v) is 1.11. The van der Waals surface area contributed by atoms with Crippen LogP contribution in [0.25, 0.3) is 0 Å². The minimum absolute atomic E-state index is 0.0299. The average Bonchev–Trinajstić information content (AvgIpc) is 2.27. The van der Waals surface area contributed by atoms with Crippen molar-refractivity contribution in [1.82, 2.24) is 10.6 Å². The molecule has 0 spiro atoms. The third-order valence-corrected chi connectivity index (χ3v) is 1.93. The molecule has 0 heterocycles. The lowest BCUT2D eigenvalue weighted by molar-refractivity contribution is -0.125. The largest absolute Gasteiger partial charge is 0.358 e. The molecule has 0 aromatic heterocycles. The first kappa shape index (κ1) is 11.2. The molecule has 1 rings (SSSR count). The van der Waals surface area contributed by atoms with Gasteiger partial charge in [0.05, 0.1) is 13.0 Å². The van der Waals surface area contributed by atoms with Gasteiger partial charge < -0.3 is 10.6 Å². The first-order valence-electron chi connectivity index (χ1n) is 4.73. The summed E-state index contributed by atoms with van der Waals surface area (Å²) in [6, 6.07) is 9.40. The van der Waals surface area contributed by atoms with E-state index in [2.05, 4.69) is 10.6 Å². The van der Waals surface area contributed by atoms with Crippen LogP contribution in [0.5, 0.6) is 0 Å². The Labute approximate surface area is 88.7 Å². The number of carbonyl (C=O) groups is 2. The van der Waals surface area contributed by atoms with E-state index in [4.69, 9.17) is 0 Å². The van der Waals surface area contributed by atoms with E-state index in [1.54, 1.807) is 0 Å². The molecule has 4 nitrogen and oxygen atoms in total. The molecular formula is C11H14N2O2. The van der Waals surface area contributed by atoms with E-state index in [0.29, 0.717) is 6.42 Å². The Bertz CT molecular complexity index is 336. The number of likely N-dealkylation sites (N-methyl/N-ethyl adjacent to an activating group) is 1. The summed E-state index contributed by atoms with van der Waals surface area (Å²) in [5.41, 5.74) is 0.937. The highest BCUT2D eigenvalue weighted by atomic mass is 16.2. The summed E-state index contributed by atoms with van der Waals surface area (Å²) < 4.78 is 0. The zero-order valence-corrected chi connectivity index (χ0v) is 8.62. The number of nitrogens with one attached hydrogen (secondary N) is 2. The van der Waals surface area contributed by atoms with Crippen LogP contribution in [-0.2, 0) is 16.0 Å². The fraction of sp³-hybridized carbons (Fsp3) is 0.273. The summed E-state index contributed by atoms with van der Waals surface area (Å²) in [4.78, 5) is 22.2. The van der Waals surface area contributed by atoms with Crippen LogP contribution < -0.4 is 10.6 Å². The lowest BCUT2D eigenvalue weighted by Gasteiger charge is -2.03. The Morgan fingerprint density at radius 1 is 1.13 bits per heavy atom. The third kappa shape index (κ3) is 4.26. The van der Waals surface area contributed by atoms with Gasteiger partial charge in [0, 0.05) is 7.05 Å². The minimum atomic E-state index is -0.198. The summed E-state index contributed by atoms with van der Waals surface area (Å²) >= 11 is 0. The van der Waals surface area contributed by atoms with Gasteiger partial charge in [-0.25, -0.2) is 0 Å². The second-order valence-corrected chi connectivity index (χ2v) is 3.11. The number of amides is 2. The fourth-order valence-electron chi connectivity index (χ4n) is 1.11. The second kappa shape index (κ2) is 5.80. The number of hydrogen-bond acceptors (Lipinski definition) is 2. The Morgan fingerprint density at radius 3 is 2.40 bits per heavy atom. The predicted octanol–water partition coefficient (Wildman–Crippen LogP) is 0.0913. The van der Waals surface area contributed by atoms with Crippen LogP contribution >= 0.6 is 0 Å². The summed E-state index contributed by atoms with van der Waals surface area (Å²) in [6.07, 6.45) is 0.303. The summed E-state index contributed by atoms with van der Waals surface area (Å²) in [5.74, 6) is -0.346. The number of benzene rings is 1. The van der Waals surface area contributed by atoms with Crippen molar-refractivity contribution in [3.05, 3.63) is 35.9 Å². The molecule has 0 fully saturated rings. The molecular weight excluding hydrogens is 192 g/mol. The third-order valence-electron chi connectivity index (χ3n) is 1.93. The van der Waals surface area contributed by atoms with Crippen molar-refractivity contribution >= 4 is 11.8 Å². The molecule has 2 N–H and O–H groups in total. The monoisotopic (exact) mass is 206 g/mol. The van der Waals surface area contributed by atoms with Crippen LogP contribution in [-0.4, -0.2) is 25.4 Å². The molecule has 0 saturated heterocycles. The van der Waals surface area contributed by atoms with Gasteiger partial charge in [-0.1, -0.05) is 30.3 Å². The smallest absolute Gasteiger partial charge is 0.239 e. The van der Waals surface area contributed by atoms with Gasteiger partial charge in [0.1, 0.15) is 0 Å². The molecule has 0 aliphatic rings. The van der Waals surface area contributed by atoms with Crippen molar-refractivity contribution in [2.45, 2.75) is 6.42 Å². The molecule has 4 heteroatoms. The van der Waals surface area contributed by atoms with E-state index in [-0.39, 0.29) is 18.4 Å². The van der Waals surface area contributed by atoms with Gasteiger partial charge in [-0.05, 0) is 5.56 Å².